The molecule has 0 fully saturated rings. The summed E-state index contributed by atoms with van der Waals surface area (Å²) in [7, 11) is -19.5. The minimum atomic E-state index is -4.99. The first-order chi connectivity index (χ1) is 70.4. The number of anilines is 4. The molecule has 0 aliphatic carbocycles. The van der Waals surface area contributed by atoms with Crippen LogP contribution in [0.3, 0.4) is 0 Å². The molecular formula is C96H108I4N20O24P4. The van der Waals surface area contributed by atoms with Gasteiger partial charge in [0, 0.05) is 95.7 Å². The molecule has 0 bridgehead atoms. The molecule has 148 heavy (non-hydrogen) atoms. The number of nitrogens with one attached hydrogen (secondary N) is 4. The maximum atomic E-state index is 11.7. The molecule has 0 radical (unpaired) electrons. The normalized spacial score (nSPS) is 11.8. The minimum absolute atomic E-state index is 0.0248. The van der Waals surface area contributed by atoms with Gasteiger partial charge in [0.25, 0.3) is 0 Å². The molecule has 16 aromatic rings. The molecule has 8 heterocycles. The zero-order chi connectivity index (χ0) is 107. The maximum absolute atomic E-state index is 11.7. The van der Waals surface area contributed by atoms with E-state index < -0.39 is 31.3 Å². The van der Waals surface area contributed by atoms with Gasteiger partial charge in [-0.25, -0.2) is 58.1 Å². The Labute approximate surface area is 900 Å². The van der Waals surface area contributed by atoms with Crippen LogP contribution in [0.4, 0.5) is 23.3 Å². The third kappa shape index (κ3) is 29.5. The first kappa shape index (κ1) is 113. The number of hydrogen-bond donors (Lipinski definition) is 20. The zero-order valence-electron chi connectivity index (χ0n) is 80.1. The number of pyridine rings is 4. The summed E-state index contributed by atoms with van der Waals surface area (Å²) in [5.41, 5.74) is 37.8. The summed E-state index contributed by atoms with van der Waals surface area (Å²) in [6.45, 7) is 10.3. The van der Waals surface area contributed by atoms with Crippen molar-refractivity contribution in [2.24, 2.45) is 0 Å². The zero-order valence-corrected chi connectivity index (χ0v) is 92.3. The lowest BCUT2D eigenvalue weighted by Gasteiger charge is -2.17. The van der Waals surface area contributed by atoms with Gasteiger partial charge in [0.05, 0.1) is 88.0 Å². The second-order valence-corrected chi connectivity index (χ2v) is 41.9. The third-order valence-electron chi connectivity index (χ3n) is 23.2. The molecule has 52 heteroatoms. The van der Waals surface area contributed by atoms with Crippen LogP contribution in [-0.2, 0) is 115 Å². The lowest BCUT2D eigenvalue weighted by Crippen LogP contribution is -2.23. The number of unbranched alkanes of at least 4 members (excludes halogenated alkanes) is 4. The van der Waals surface area contributed by atoms with Gasteiger partial charge in [-0.3, -0.25) is 58.3 Å². The highest BCUT2D eigenvalue weighted by Gasteiger charge is 2.30. The number of benzene rings is 8. The summed E-state index contributed by atoms with van der Waals surface area (Å²) < 4.78 is 74.5. The molecule has 0 atom stereocenters. The number of hydrogen-bond acceptors (Lipinski definition) is 28. The van der Waals surface area contributed by atoms with E-state index in [0.29, 0.717) is 159 Å². The van der Waals surface area contributed by atoms with E-state index in [2.05, 4.69) is 66.5 Å². The van der Waals surface area contributed by atoms with Crippen LogP contribution in [0.2, 0.25) is 0 Å². The molecule has 0 saturated carbocycles. The maximum Gasteiger partial charge on any atom is 0.524 e. The van der Waals surface area contributed by atoms with Gasteiger partial charge >= 0.3 is 31.3 Å². The Morgan fingerprint density at radius 1 is 0.318 bits per heavy atom. The predicted molar refractivity (Wildman–Crippen MR) is 595 cm³/mol. The number of alkyl halides is 4. The van der Waals surface area contributed by atoms with Crippen molar-refractivity contribution in [1.29, 1.82) is 0 Å². The Kier molecular flexibility index (Phi) is 38.5. The van der Waals surface area contributed by atoms with E-state index in [-0.39, 0.29) is 112 Å². The number of halogens is 4. The average molecular weight is 2560 g/mol. The fourth-order valence-electron chi connectivity index (χ4n) is 16.5. The molecule has 784 valence electrons. The number of phosphoric ester groups is 4. The largest absolute Gasteiger partial charge is 0.524 e. The number of amides is 4. The molecule has 44 nitrogen and oxygen atoms in total. The summed E-state index contributed by atoms with van der Waals surface area (Å²) in [6.07, 6.45) is 9.83. The van der Waals surface area contributed by atoms with Gasteiger partial charge in [0.15, 0.2) is 23.3 Å². The van der Waals surface area contributed by atoms with Crippen LogP contribution < -0.4 is 62.3 Å². The lowest BCUT2D eigenvalue weighted by atomic mass is 10.1. The highest BCUT2D eigenvalue weighted by molar-refractivity contribution is 14.1. The highest BCUT2D eigenvalue weighted by Crippen LogP contribution is 2.47. The van der Waals surface area contributed by atoms with Crippen LogP contribution >= 0.6 is 122 Å². The number of nitrogen functional groups attached to an aromatic ring is 4. The number of aromatic nitrogens is 12. The number of carbonyl (C=O) groups is 4. The monoisotopic (exact) mass is 2560 g/mol. The molecule has 0 unspecified atom stereocenters. The minimum Gasteiger partial charge on any atom is -0.508 e. The molecule has 8 aromatic heterocycles. The molecule has 8 aromatic carbocycles. The van der Waals surface area contributed by atoms with E-state index in [0.717, 1.165) is 137 Å². The Morgan fingerprint density at radius 3 is 0.845 bits per heavy atom. The van der Waals surface area contributed by atoms with E-state index in [1.54, 1.807) is 12.1 Å². The van der Waals surface area contributed by atoms with Crippen molar-refractivity contribution < 1.29 is 115 Å². The second-order valence-electron chi connectivity index (χ2n) is 34.2. The number of phenolic OH excluding ortho intramolecular Hbond substituents is 4. The summed E-state index contributed by atoms with van der Waals surface area (Å²) in [4.78, 5) is 159. The van der Waals surface area contributed by atoms with Gasteiger partial charge < -0.3 is 101 Å². The van der Waals surface area contributed by atoms with E-state index >= 15 is 0 Å². The Bertz CT molecular complexity index is 7890. The van der Waals surface area contributed by atoms with Crippen molar-refractivity contribution in [2.75, 3.05) is 40.6 Å². The predicted octanol–water partition coefficient (Wildman–Crippen LogP) is 15.1. The molecule has 24 N–H and O–H groups in total. The molecular weight excluding hydrogens is 2450 g/mol. The quantitative estimate of drug-likeness (QED) is 0.00734. The van der Waals surface area contributed by atoms with Crippen molar-refractivity contribution in [3.8, 4) is 46.0 Å². The number of fused-ring (bicyclic) bond motifs is 12. The van der Waals surface area contributed by atoms with E-state index in [1.165, 1.54) is 54.6 Å². The third-order valence-corrected chi connectivity index (χ3v) is 27.8. The first-order valence-corrected chi connectivity index (χ1v) is 58.5. The van der Waals surface area contributed by atoms with Crippen LogP contribution in [0.5, 0.6) is 46.0 Å². The van der Waals surface area contributed by atoms with E-state index in [9.17, 15) is 97.0 Å². The summed E-state index contributed by atoms with van der Waals surface area (Å²) in [5.74, 6) is 3.21. The van der Waals surface area contributed by atoms with Crippen molar-refractivity contribution in [3.63, 3.8) is 0 Å². The second kappa shape index (κ2) is 50.3. The fraction of sp³-hybridized carbons (Fsp3) is 0.292. The van der Waals surface area contributed by atoms with Gasteiger partial charge in [0.1, 0.15) is 91.4 Å². The van der Waals surface area contributed by atoms with Crippen LogP contribution in [-0.4, -0.2) is 159 Å². The first-order valence-electron chi connectivity index (χ1n) is 46.2. The lowest BCUT2D eigenvalue weighted by molar-refractivity contribution is -0.119. The van der Waals surface area contributed by atoms with E-state index in [4.69, 9.17) is 61.0 Å². The molecule has 0 saturated heterocycles. The molecule has 0 spiro atoms. The van der Waals surface area contributed by atoms with E-state index in [1.807, 2.05) is 178 Å². The van der Waals surface area contributed by atoms with Gasteiger partial charge in [-0.1, -0.05) is 192 Å². The van der Waals surface area contributed by atoms with Crippen molar-refractivity contribution in [1.82, 2.24) is 79.4 Å². The summed E-state index contributed by atoms with van der Waals surface area (Å²) >= 11 is 8.01. The average Bonchev–Trinajstić information content (AvgIpc) is 1.69. The number of rotatable bonds is 40. The number of imidazole rings is 4. The van der Waals surface area contributed by atoms with Gasteiger partial charge in [-0.2, -0.15) is 0 Å². The Morgan fingerprint density at radius 2 is 0.561 bits per heavy atom. The SMILES string of the molecule is CCCCc1nc2c(N)nc3cc(CNC(=O)CI)ccc3c2n1Cc1cc(O)ccc1O.CCCCc1nc2c(N)nc3cc(CNC(=O)CI)ccc3c2n1Cc1cc(O)ccc1OP(=O)(O)O.CCCCc1nc2c(N)nc3cc(CNC(=O)CI)ccc3c2n1Cc1cc(OP(=O)(O)O)ccc1O.CCCCc1nc2c(N)nc3cc(CNC(=O)CI)ccc3c2n1Cc1cc(OP(=O)(O)O)ccc1OP(=O)(O)O. The number of nitrogens with two attached hydrogens (primary N) is 4. The van der Waals surface area contributed by atoms with Gasteiger partial charge in [0.2, 0.25) is 23.6 Å². The van der Waals surface area contributed by atoms with Crippen LogP contribution in [0, 0.1) is 0 Å². The Hall–Kier alpha value is -11.7. The van der Waals surface area contributed by atoms with Crippen LogP contribution in [0.25, 0.3) is 87.7 Å². The molecule has 0 aliphatic rings. The smallest absolute Gasteiger partial charge is 0.508 e. The summed E-state index contributed by atoms with van der Waals surface area (Å²) in [6, 6.07) is 38.7. The summed E-state index contributed by atoms with van der Waals surface area (Å²) in [5, 5.41) is 55.5. The van der Waals surface area contributed by atoms with Crippen molar-refractivity contribution >= 4 is 256 Å². The van der Waals surface area contributed by atoms with Crippen LogP contribution in [0.15, 0.2) is 146 Å². The number of phenols is 4. The van der Waals surface area contributed by atoms with Gasteiger partial charge in [-0.05, 0) is 145 Å². The topological polar surface area (TPSA) is 691 Å². The highest BCUT2D eigenvalue weighted by atomic mass is 127. The van der Waals surface area contributed by atoms with Crippen molar-refractivity contribution in [3.05, 3.63) is 213 Å². The van der Waals surface area contributed by atoms with Gasteiger partial charge in [-0.15, -0.1) is 0 Å². The number of aromatic hydroxyl groups is 4. The number of phosphoric acid groups is 4. The number of aryl methyl sites for hydroxylation is 4. The number of carbonyl (C=O) groups excluding carboxylic acids is 4. The fourth-order valence-corrected chi connectivity index (χ4v) is 19.2. The molecule has 16 rings (SSSR count). The molecule has 0 aliphatic heterocycles. The molecule has 4 amide bonds. The Balaban J connectivity index is 0.000000165. The number of nitrogens with zero attached hydrogens (tertiary/aromatic N) is 12. The standard InChI is InChI=1S/C24H28IN5O9P2.2C24H27IN5O6P.C24H26IN5O3/c1-2-3-4-20-29-22-23(17-7-5-14(12-27-21(31)11-25)9-18(17)28-24(22)26)30(20)13-15-10-16(38-40(32,33)34)6-8-19(15)39-41(35,36)37;1-2-3-4-20-29-22-23(30(20)13-15-10-16(6-8-19(15)31)36-37(33,34)35)17-7-5-14(12-27-21(32)11-25)9-18(17)28-24(22)26;1-2-3-4-20-29-22-23(30(20)13-15-10-16(31)6-8-19(15)36-37(33,34)35)17-7-5-14(12-27-21(32)11-25)9-18(17)28-24(22)26;1-2-3-4-20-29-22-23(30(20)13-15-10-16(31)6-8-19(15)32)17-7-5-14(12-27-21(33)11-25)9-18(17)28-24(22)26/h5-10H,2-4,11-13H2,1H3,(H2,26,28)(H,27,31)(H2,32,33,34)(H2,35,36,37);2*5-10,31H,2-4,11-13H2,1H3,(H2,26,28)(H,27,32)(H2,33,34,35);5-10,31-32H,2-4,11-13H2,1H3,(H2,26,28)(H,27,33). The van der Waals surface area contributed by atoms with Crippen molar-refractivity contribution in [2.45, 2.75) is 157 Å². The van der Waals surface area contributed by atoms with Crippen LogP contribution in [0.1, 0.15) is 147 Å².